The van der Waals surface area contributed by atoms with Gasteiger partial charge in [-0.25, -0.2) is 0 Å². The molecular weight excluding hydrogens is 246 g/mol. The highest BCUT2D eigenvalue weighted by Crippen LogP contribution is 2.41. The van der Waals surface area contributed by atoms with Crippen LogP contribution in [0.15, 0.2) is 0 Å². The number of hydrogen-bond donors (Lipinski definition) is 2. The first-order valence-electron chi connectivity index (χ1n) is 7.18. The number of amides is 1. The molecule has 0 spiro atoms. The normalized spacial score (nSPS) is 27.1. The highest BCUT2D eigenvalue weighted by molar-refractivity contribution is 5.85. The number of carbonyl (C=O) groups is 2. The van der Waals surface area contributed by atoms with Gasteiger partial charge in [0.05, 0.1) is 17.6 Å². The maximum Gasteiger partial charge on any atom is 0.310 e. The molecule has 2 unspecified atom stereocenters. The fourth-order valence-electron chi connectivity index (χ4n) is 3.22. The average molecular weight is 269 g/mol. The number of rotatable bonds is 5. The number of ether oxygens (including phenoxy) is 1. The highest BCUT2D eigenvalue weighted by Gasteiger charge is 2.43. The molecule has 0 aromatic rings. The minimum atomic E-state index is -0.833. The molecule has 1 saturated heterocycles. The molecule has 5 nitrogen and oxygen atoms in total. The van der Waals surface area contributed by atoms with Gasteiger partial charge in [0.2, 0.25) is 5.91 Å². The summed E-state index contributed by atoms with van der Waals surface area (Å²) in [5.74, 6) is -0.989. The van der Waals surface area contributed by atoms with Crippen LogP contribution in [0, 0.1) is 5.41 Å². The monoisotopic (exact) mass is 269 g/mol. The molecule has 19 heavy (non-hydrogen) atoms. The molecule has 1 aliphatic heterocycles. The van der Waals surface area contributed by atoms with E-state index < -0.39 is 11.4 Å². The first-order chi connectivity index (χ1) is 9.03. The number of carbonyl (C=O) groups excluding carboxylic acids is 1. The van der Waals surface area contributed by atoms with Gasteiger partial charge < -0.3 is 15.2 Å². The second-order valence-corrected chi connectivity index (χ2v) is 5.88. The summed E-state index contributed by atoms with van der Waals surface area (Å²) >= 11 is 0. The molecule has 1 heterocycles. The van der Waals surface area contributed by atoms with Gasteiger partial charge in [0, 0.05) is 13.0 Å². The number of carboxylic acid groups (broad SMARTS) is 1. The van der Waals surface area contributed by atoms with Crippen LogP contribution in [-0.2, 0) is 14.3 Å². The first kappa shape index (κ1) is 14.3. The Labute approximate surface area is 113 Å². The molecule has 2 aliphatic rings. The zero-order valence-corrected chi connectivity index (χ0v) is 11.5. The molecule has 2 N–H and O–H groups in total. The lowest BCUT2D eigenvalue weighted by Crippen LogP contribution is -2.43. The summed E-state index contributed by atoms with van der Waals surface area (Å²) in [5, 5.41) is 12.3. The predicted molar refractivity (Wildman–Crippen MR) is 69.7 cm³/mol. The summed E-state index contributed by atoms with van der Waals surface area (Å²) in [6, 6.07) is -0.0396. The van der Waals surface area contributed by atoms with Crippen molar-refractivity contribution in [3.8, 4) is 0 Å². The third-order valence-corrected chi connectivity index (χ3v) is 4.42. The van der Waals surface area contributed by atoms with Crippen LogP contribution in [0.25, 0.3) is 0 Å². The summed E-state index contributed by atoms with van der Waals surface area (Å²) in [7, 11) is 0. The summed E-state index contributed by atoms with van der Waals surface area (Å²) in [6.45, 7) is 2.68. The Hall–Kier alpha value is -1.10. The van der Waals surface area contributed by atoms with Gasteiger partial charge in [0.1, 0.15) is 0 Å². The van der Waals surface area contributed by atoms with Gasteiger partial charge in [-0.3, -0.25) is 9.59 Å². The van der Waals surface area contributed by atoms with Crippen molar-refractivity contribution in [2.24, 2.45) is 5.41 Å². The van der Waals surface area contributed by atoms with Gasteiger partial charge >= 0.3 is 5.97 Å². The van der Waals surface area contributed by atoms with Gasteiger partial charge in [-0.05, 0) is 32.6 Å². The molecule has 0 aromatic heterocycles. The van der Waals surface area contributed by atoms with Gasteiger partial charge in [0.15, 0.2) is 0 Å². The van der Waals surface area contributed by atoms with Gasteiger partial charge in [0.25, 0.3) is 0 Å². The van der Waals surface area contributed by atoms with Gasteiger partial charge in [-0.2, -0.15) is 0 Å². The van der Waals surface area contributed by atoms with Gasteiger partial charge in [-0.15, -0.1) is 0 Å². The maximum absolute atomic E-state index is 12.0. The summed E-state index contributed by atoms with van der Waals surface area (Å²) in [4.78, 5) is 23.4. The number of hydrogen-bond acceptors (Lipinski definition) is 3. The maximum atomic E-state index is 12.0. The fraction of sp³-hybridized carbons (Fsp3) is 0.857. The van der Waals surface area contributed by atoms with Crippen molar-refractivity contribution in [2.45, 2.75) is 64.0 Å². The van der Waals surface area contributed by atoms with Crippen molar-refractivity contribution in [2.75, 3.05) is 6.61 Å². The molecule has 2 fully saturated rings. The molecule has 0 radical (unpaired) electrons. The second kappa shape index (κ2) is 5.90. The molecule has 0 bridgehead atoms. The van der Waals surface area contributed by atoms with Crippen LogP contribution in [0.4, 0.5) is 0 Å². The Morgan fingerprint density at radius 1 is 1.37 bits per heavy atom. The molecule has 1 saturated carbocycles. The van der Waals surface area contributed by atoms with Crippen LogP contribution in [0.2, 0.25) is 0 Å². The largest absolute Gasteiger partial charge is 0.481 e. The molecule has 1 aliphatic carbocycles. The zero-order chi connectivity index (χ0) is 13.9. The van der Waals surface area contributed by atoms with Crippen molar-refractivity contribution in [1.29, 1.82) is 0 Å². The van der Waals surface area contributed by atoms with E-state index in [2.05, 4.69) is 5.32 Å². The smallest absolute Gasteiger partial charge is 0.310 e. The SMILES string of the molecule is CC(NC(=O)CC1(C(=O)O)CCCC1)C1CCCO1. The standard InChI is InChI=1S/C14H23NO4/c1-10(11-5-4-8-19-11)15-12(16)9-14(13(17)18)6-2-3-7-14/h10-11H,2-9H2,1H3,(H,15,16)(H,17,18). The number of nitrogens with one attached hydrogen (secondary N) is 1. The third-order valence-electron chi connectivity index (χ3n) is 4.42. The van der Waals surface area contributed by atoms with Crippen LogP contribution in [0.5, 0.6) is 0 Å². The van der Waals surface area contributed by atoms with E-state index in [9.17, 15) is 14.7 Å². The highest BCUT2D eigenvalue weighted by atomic mass is 16.5. The minimum Gasteiger partial charge on any atom is -0.481 e. The molecular formula is C14H23NO4. The molecule has 5 heteroatoms. The fourth-order valence-corrected chi connectivity index (χ4v) is 3.22. The average Bonchev–Trinajstić information content (AvgIpc) is 2.99. The third kappa shape index (κ3) is 3.26. The van der Waals surface area contributed by atoms with Crippen LogP contribution >= 0.6 is 0 Å². The molecule has 2 atom stereocenters. The van der Waals surface area contributed by atoms with E-state index in [0.29, 0.717) is 12.8 Å². The lowest BCUT2D eigenvalue weighted by atomic mass is 9.82. The molecule has 0 aromatic carbocycles. The molecule has 2 rings (SSSR count). The summed E-state index contributed by atoms with van der Waals surface area (Å²) < 4.78 is 5.53. The number of carboxylic acids is 1. The lowest BCUT2D eigenvalue weighted by molar-refractivity contribution is -0.151. The van der Waals surface area contributed by atoms with E-state index >= 15 is 0 Å². The van der Waals surface area contributed by atoms with E-state index in [1.54, 1.807) is 0 Å². The summed E-state index contributed by atoms with van der Waals surface area (Å²) in [5.41, 5.74) is -0.833. The van der Waals surface area contributed by atoms with Crippen LogP contribution in [-0.4, -0.2) is 35.7 Å². The number of aliphatic carboxylic acids is 1. The quantitative estimate of drug-likeness (QED) is 0.796. The Kier molecular flexibility index (Phi) is 4.45. The van der Waals surface area contributed by atoms with Gasteiger partial charge in [-0.1, -0.05) is 12.8 Å². The van der Waals surface area contributed by atoms with Crippen LogP contribution < -0.4 is 5.32 Å². The Balaban J connectivity index is 1.87. The van der Waals surface area contributed by atoms with Crippen molar-refractivity contribution in [3.63, 3.8) is 0 Å². The van der Waals surface area contributed by atoms with Crippen molar-refractivity contribution in [3.05, 3.63) is 0 Å². The Morgan fingerprint density at radius 2 is 2.05 bits per heavy atom. The minimum absolute atomic E-state index is 0.0396. The topological polar surface area (TPSA) is 75.6 Å². The summed E-state index contributed by atoms with van der Waals surface area (Å²) in [6.07, 6.45) is 5.21. The van der Waals surface area contributed by atoms with E-state index in [4.69, 9.17) is 4.74 Å². The predicted octanol–water partition coefficient (Wildman–Crippen LogP) is 1.71. The Bertz CT molecular complexity index is 343. The van der Waals surface area contributed by atoms with E-state index in [1.165, 1.54) is 0 Å². The van der Waals surface area contributed by atoms with E-state index in [-0.39, 0.29) is 24.5 Å². The molecule has 1 amide bonds. The lowest BCUT2D eigenvalue weighted by Gasteiger charge is -2.25. The van der Waals surface area contributed by atoms with E-state index in [0.717, 1.165) is 32.3 Å². The van der Waals surface area contributed by atoms with Crippen molar-refractivity contribution in [1.82, 2.24) is 5.32 Å². The second-order valence-electron chi connectivity index (χ2n) is 5.88. The van der Waals surface area contributed by atoms with Crippen molar-refractivity contribution < 1.29 is 19.4 Å². The van der Waals surface area contributed by atoms with Crippen molar-refractivity contribution >= 4 is 11.9 Å². The molecule has 108 valence electrons. The van der Waals surface area contributed by atoms with Crippen LogP contribution in [0.3, 0.4) is 0 Å². The van der Waals surface area contributed by atoms with E-state index in [1.807, 2.05) is 6.92 Å². The zero-order valence-electron chi connectivity index (χ0n) is 11.5. The van der Waals surface area contributed by atoms with Crippen LogP contribution in [0.1, 0.15) is 51.9 Å². The Morgan fingerprint density at radius 3 is 2.58 bits per heavy atom. The first-order valence-corrected chi connectivity index (χ1v) is 7.18.